The molecular formula is C13H24N4S. The summed E-state index contributed by atoms with van der Waals surface area (Å²) < 4.78 is 3.04. The van der Waals surface area contributed by atoms with Gasteiger partial charge in [-0.25, -0.2) is 5.10 Å². The van der Waals surface area contributed by atoms with Gasteiger partial charge in [0.25, 0.3) is 0 Å². The van der Waals surface area contributed by atoms with Gasteiger partial charge in [0.2, 0.25) is 5.95 Å². The van der Waals surface area contributed by atoms with Crippen LogP contribution in [0.25, 0.3) is 0 Å². The molecule has 4 nitrogen and oxygen atoms in total. The molecule has 0 unspecified atom stereocenters. The van der Waals surface area contributed by atoms with Gasteiger partial charge in [-0.3, -0.25) is 4.57 Å². The molecule has 1 aromatic rings. The highest BCUT2D eigenvalue weighted by Gasteiger charge is 2.21. The number of nitrogens with one attached hydrogen (secondary N) is 1. The van der Waals surface area contributed by atoms with Gasteiger partial charge < -0.3 is 4.90 Å². The number of H-pyrrole nitrogens is 1. The highest BCUT2D eigenvalue weighted by molar-refractivity contribution is 7.71. The van der Waals surface area contributed by atoms with E-state index in [1.54, 1.807) is 0 Å². The first kappa shape index (κ1) is 13.6. The van der Waals surface area contributed by atoms with Gasteiger partial charge in [0.15, 0.2) is 4.77 Å². The first-order valence-electron chi connectivity index (χ1n) is 7.19. The molecule has 0 saturated heterocycles. The third-order valence-electron chi connectivity index (χ3n) is 3.78. The number of aromatic amines is 1. The Hall–Kier alpha value is -0.840. The molecule has 1 N–H and O–H groups in total. The van der Waals surface area contributed by atoms with Gasteiger partial charge in [-0.15, -0.1) is 5.10 Å². The molecule has 1 saturated carbocycles. The van der Waals surface area contributed by atoms with Gasteiger partial charge >= 0.3 is 0 Å². The Morgan fingerprint density at radius 1 is 1.33 bits per heavy atom. The van der Waals surface area contributed by atoms with E-state index in [1.165, 1.54) is 32.1 Å². The van der Waals surface area contributed by atoms with E-state index in [4.69, 9.17) is 12.2 Å². The monoisotopic (exact) mass is 268 g/mol. The van der Waals surface area contributed by atoms with Crippen LogP contribution in [0.4, 0.5) is 5.95 Å². The number of hydrogen-bond donors (Lipinski definition) is 1. The quantitative estimate of drug-likeness (QED) is 0.828. The Morgan fingerprint density at radius 2 is 2.06 bits per heavy atom. The van der Waals surface area contributed by atoms with Gasteiger partial charge in [0.05, 0.1) is 0 Å². The van der Waals surface area contributed by atoms with Crippen molar-refractivity contribution in [3.05, 3.63) is 4.77 Å². The fourth-order valence-corrected chi connectivity index (χ4v) is 3.13. The Bertz CT molecular complexity index is 417. The fourth-order valence-electron chi connectivity index (χ4n) is 2.86. The average molecular weight is 268 g/mol. The maximum Gasteiger partial charge on any atom is 0.225 e. The first-order chi connectivity index (χ1) is 8.77. The van der Waals surface area contributed by atoms with E-state index in [2.05, 4.69) is 33.5 Å². The molecule has 0 spiro atoms. The van der Waals surface area contributed by atoms with E-state index in [0.717, 1.165) is 30.2 Å². The number of hydrogen-bond acceptors (Lipinski definition) is 3. The van der Waals surface area contributed by atoms with Crippen LogP contribution in [-0.4, -0.2) is 27.9 Å². The van der Waals surface area contributed by atoms with E-state index in [0.29, 0.717) is 6.04 Å². The second-order valence-electron chi connectivity index (χ2n) is 5.07. The van der Waals surface area contributed by atoms with Gasteiger partial charge in [0.1, 0.15) is 0 Å². The molecule has 0 amide bonds. The van der Waals surface area contributed by atoms with Crippen molar-refractivity contribution in [3.63, 3.8) is 0 Å². The summed E-state index contributed by atoms with van der Waals surface area (Å²) in [6.07, 6.45) is 7.62. The lowest BCUT2D eigenvalue weighted by atomic mass is 9.95. The minimum absolute atomic E-state index is 0.547. The maximum absolute atomic E-state index is 5.42. The Kier molecular flexibility index (Phi) is 4.80. The lowest BCUT2D eigenvalue weighted by molar-refractivity contribution is 0.350. The molecule has 1 aromatic heterocycles. The van der Waals surface area contributed by atoms with Gasteiger partial charge in [0, 0.05) is 19.1 Å². The molecule has 1 aliphatic carbocycles. The zero-order valence-corrected chi connectivity index (χ0v) is 12.3. The number of nitrogens with zero attached hydrogens (tertiary/aromatic N) is 3. The standard InChI is InChI=1S/C13H24N4S/c1-3-10-16(4-2)12-14-15-13(18)17(12)11-8-6-5-7-9-11/h11H,3-10H2,1-2H3,(H,15,18). The van der Waals surface area contributed by atoms with Gasteiger partial charge in [-0.05, 0) is 38.4 Å². The Morgan fingerprint density at radius 3 is 2.67 bits per heavy atom. The molecule has 0 radical (unpaired) electrons. The zero-order valence-electron chi connectivity index (χ0n) is 11.5. The molecule has 0 atom stereocenters. The van der Waals surface area contributed by atoms with Crippen molar-refractivity contribution in [2.45, 2.75) is 58.4 Å². The third kappa shape index (κ3) is 2.76. The van der Waals surface area contributed by atoms with Gasteiger partial charge in [-0.1, -0.05) is 26.2 Å². The SMILES string of the molecule is CCCN(CC)c1n[nH]c(=S)n1C1CCCCC1. The average Bonchev–Trinajstić information content (AvgIpc) is 2.79. The summed E-state index contributed by atoms with van der Waals surface area (Å²) in [5.41, 5.74) is 0. The van der Waals surface area contributed by atoms with Gasteiger partial charge in [-0.2, -0.15) is 0 Å². The van der Waals surface area contributed by atoms with Crippen LogP contribution in [0.15, 0.2) is 0 Å². The smallest absolute Gasteiger partial charge is 0.225 e. The summed E-state index contributed by atoms with van der Waals surface area (Å²) in [4.78, 5) is 2.32. The van der Waals surface area contributed by atoms with Crippen molar-refractivity contribution in [1.82, 2.24) is 14.8 Å². The predicted molar refractivity (Wildman–Crippen MR) is 77.7 cm³/mol. The minimum Gasteiger partial charge on any atom is -0.341 e. The fraction of sp³-hybridized carbons (Fsp3) is 0.846. The highest BCUT2D eigenvalue weighted by Crippen LogP contribution is 2.31. The van der Waals surface area contributed by atoms with Crippen LogP contribution in [0, 0.1) is 4.77 Å². The van der Waals surface area contributed by atoms with Crippen LogP contribution in [-0.2, 0) is 0 Å². The summed E-state index contributed by atoms with van der Waals surface area (Å²) in [6.45, 7) is 6.41. The second kappa shape index (κ2) is 6.36. The van der Waals surface area contributed by atoms with Crippen molar-refractivity contribution >= 4 is 18.2 Å². The van der Waals surface area contributed by atoms with Crippen LogP contribution < -0.4 is 4.90 Å². The second-order valence-corrected chi connectivity index (χ2v) is 5.46. The molecule has 0 bridgehead atoms. The normalized spacial score (nSPS) is 17.0. The predicted octanol–water partition coefficient (Wildman–Crippen LogP) is 3.68. The maximum atomic E-state index is 5.42. The Labute approximate surface area is 114 Å². The molecule has 1 fully saturated rings. The molecule has 2 rings (SSSR count). The van der Waals surface area contributed by atoms with Crippen LogP contribution in [0.3, 0.4) is 0 Å². The van der Waals surface area contributed by atoms with E-state index >= 15 is 0 Å². The zero-order chi connectivity index (χ0) is 13.0. The summed E-state index contributed by atoms with van der Waals surface area (Å²) in [6, 6.07) is 0.547. The topological polar surface area (TPSA) is 36.9 Å². The van der Waals surface area contributed by atoms with E-state index in [9.17, 15) is 0 Å². The number of rotatable bonds is 5. The van der Waals surface area contributed by atoms with E-state index in [-0.39, 0.29) is 0 Å². The highest BCUT2D eigenvalue weighted by atomic mass is 32.1. The summed E-state index contributed by atoms with van der Waals surface area (Å²) in [5, 5.41) is 7.43. The van der Waals surface area contributed by atoms with Crippen molar-refractivity contribution in [2.75, 3.05) is 18.0 Å². The van der Waals surface area contributed by atoms with E-state index < -0.39 is 0 Å². The van der Waals surface area contributed by atoms with Crippen LogP contribution in [0.2, 0.25) is 0 Å². The minimum atomic E-state index is 0.547. The van der Waals surface area contributed by atoms with Crippen molar-refractivity contribution in [3.8, 4) is 0 Å². The Balaban J connectivity index is 2.27. The lowest BCUT2D eigenvalue weighted by Gasteiger charge is -2.28. The third-order valence-corrected chi connectivity index (χ3v) is 4.07. The molecule has 18 heavy (non-hydrogen) atoms. The summed E-state index contributed by atoms with van der Waals surface area (Å²) >= 11 is 5.42. The van der Waals surface area contributed by atoms with Crippen LogP contribution >= 0.6 is 12.2 Å². The molecule has 5 heteroatoms. The molecular weight excluding hydrogens is 244 g/mol. The molecule has 1 aliphatic rings. The van der Waals surface area contributed by atoms with Crippen molar-refractivity contribution < 1.29 is 0 Å². The molecule has 0 aromatic carbocycles. The van der Waals surface area contributed by atoms with E-state index in [1.807, 2.05) is 0 Å². The number of anilines is 1. The molecule has 0 aliphatic heterocycles. The first-order valence-corrected chi connectivity index (χ1v) is 7.60. The van der Waals surface area contributed by atoms with Crippen molar-refractivity contribution in [1.29, 1.82) is 0 Å². The number of aromatic nitrogens is 3. The summed E-state index contributed by atoms with van der Waals surface area (Å²) in [5.74, 6) is 1.04. The molecule has 102 valence electrons. The van der Waals surface area contributed by atoms with Crippen LogP contribution in [0.1, 0.15) is 58.4 Å². The van der Waals surface area contributed by atoms with Crippen molar-refractivity contribution in [2.24, 2.45) is 0 Å². The lowest BCUT2D eigenvalue weighted by Crippen LogP contribution is -2.28. The largest absolute Gasteiger partial charge is 0.341 e. The summed E-state index contributed by atoms with van der Waals surface area (Å²) in [7, 11) is 0. The van der Waals surface area contributed by atoms with Crippen LogP contribution in [0.5, 0.6) is 0 Å². The molecule has 1 heterocycles.